The van der Waals surface area contributed by atoms with Gasteiger partial charge in [0.2, 0.25) is 0 Å². The van der Waals surface area contributed by atoms with Crippen LogP contribution in [0.4, 0.5) is 0 Å². The van der Waals surface area contributed by atoms with Crippen molar-refractivity contribution in [2.45, 2.75) is 48.0 Å². The zero-order chi connectivity index (χ0) is 12.5. The Balaban J connectivity index is 0. The SMILES string of the molecule is CC(C)(C)C.CCCN(CC)CC(=O)O. The topological polar surface area (TPSA) is 40.5 Å². The van der Waals surface area contributed by atoms with Crippen molar-refractivity contribution in [2.75, 3.05) is 19.6 Å². The van der Waals surface area contributed by atoms with Gasteiger partial charge >= 0.3 is 5.97 Å². The first-order valence-electron chi connectivity index (χ1n) is 5.64. The molecule has 0 aliphatic heterocycles. The molecule has 0 atom stereocenters. The van der Waals surface area contributed by atoms with Crippen LogP contribution in [0.3, 0.4) is 0 Å². The summed E-state index contributed by atoms with van der Waals surface area (Å²) in [5.41, 5.74) is 0.500. The number of carboxylic acid groups (broad SMARTS) is 1. The summed E-state index contributed by atoms with van der Waals surface area (Å²) in [6, 6.07) is 0. The average molecular weight is 217 g/mol. The van der Waals surface area contributed by atoms with Crippen molar-refractivity contribution in [2.24, 2.45) is 5.41 Å². The van der Waals surface area contributed by atoms with E-state index >= 15 is 0 Å². The van der Waals surface area contributed by atoms with Gasteiger partial charge in [-0.3, -0.25) is 9.69 Å². The second-order valence-corrected chi connectivity index (χ2v) is 5.26. The van der Waals surface area contributed by atoms with Gasteiger partial charge in [-0.15, -0.1) is 0 Å². The van der Waals surface area contributed by atoms with Crippen LogP contribution in [0.25, 0.3) is 0 Å². The van der Waals surface area contributed by atoms with Crippen LogP contribution in [-0.4, -0.2) is 35.6 Å². The molecular formula is C12H27NO2. The van der Waals surface area contributed by atoms with E-state index in [2.05, 4.69) is 27.7 Å². The van der Waals surface area contributed by atoms with Gasteiger partial charge in [0.1, 0.15) is 0 Å². The molecule has 0 unspecified atom stereocenters. The number of nitrogens with zero attached hydrogens (tertiary/aromatic N) is 1. The lowest BCUT2D eigenvalue weighted by molar-refractivity contribution is -0.138. The third-order valence-corrected chi connectivity index (χ3v) is 1.35. The Morgan fingerprint density at radius 1 is 1.20 bits per heavy atom. The molecular weight excluding hydrogens is 190 g/mol. The second-order valence-electron chi connectivity index (χ2n) is 5.26. The molecule has 0 bridgehead atoms. The highest BCUT2D eigenvalue weighted by Gasteiger charge is 2.04. The number of carboxylic acids is 1. The van der Waals surface area contributed by atoms with Crippen molar-refractivity contribution in [3.05, 3.63) is 0 Å². The zero-order valence-electron chi connectivity index (χ0n) is 11.1. The van der Waals surface area contributed by atoms with Gasteiger partial charge in [-0.05, 0) is 24.9 Å². The summed E-state index contributed by atoms with van der Waals surface area (Å²) in [6.45, 7) is 14.6. The van der Waals surface area contributed by atoms with E-state index in [4.69, 9.17) is 5.11 Å². The normalized spacial score (nSPS) is 10.9. The minimum atomic E-state index is -0.740. The number of rotatable bonds is 5. The molecule has 92 valence electrons. The Kier molecular flexibility index (Phi) is 9.79. The molecule has 0 aromatic carbocycles. The van der Waals surface area contributed by atoms with E-state index in [0.29, 0.717) is 5.41 Å². The summed E-state index contributed by atoms with van der Waals surface area (Å²) in [5.74, 6) is -0.740. The monoisotopic (exact) mass is 217 g/mol. The molecule has 0 heterocycles. The summed E-state index contributed by atoms with van der Waals surface area (Å²) < 4.78 is 0. The predicted molar refractivity (Wildman–Crippen MR) is 65.2 cm³/mol. The fourth-order valence-electron chi connectivity index (χ4n) is 0.856. The molecule has 0 aromatic rings. The number of likely N-dealkylation sites (N-methyl/N-ethyl adjacent to an activating group) is 1. The smallest absolute Gasteiger partial charge is 0.317 e. The van der Waals surface area contributed by atoms with E-state index in [-0.39, 0.29) is 6.54 Å². The van der Waals surface area contributed by atoms with Gasteiger partial charge in [0.05, 0.1) is 6.54 Å². The third-order valence-electron chi connectivity index (χ3n) is 1.35. The maximum Gasteiger partial charge on any atom is 0.317 e. The number of aliphatic carboxylic acids is 1. The number of hydrogen-bond acceptors (Lipinski definition) is 2. The molecule has 0 aliphatic carbocycles. The maximum atomic E-state index is 10.2. The van der Waals surface area contributed by atoms with Crippen molar-refractivity contribution in [3.8, 4) is 0 Å². The maximum absolute atomic E-state index is 10.2. The summed E-state index contributed by atoms with van der Waals surface area (Å²) in [6.07, 6.45) is 1.02. The predicted octanol–water partition coefficient (Wildman–Crippen LogP) is 2.86. The Hall–Kier alpha value is -0.570. The van der Waals surface area contributed by atoms with E-state index in [9.17, 15) is 4.79 Å². The van der Waals surface area contributed by atoms with Crippen LogP contribution < -0.4 is 0 Å². The van der Waals surface area contributed by atoms with Crippen LogP contribution in [0.15, 0.2) is 0 Å². The van der Waals surface area contributed by atoms with Crippen molar-refractivity contribution >= 4 is 5.97 Å². The molecule has 0 amide bonds. The molecule has 0 aromatic heterocycles. The Bertz CT molecular complexity index is 155. The molecule has 0 fully saturated rings. The lowest BCUT2D eigenvalue weighted by Gasteiger charge is -2.15. The van der Waals surface area contributed by atoms with Crippen molar-refractivity contribution in [3.63, 3.8) is 0 Å². The Morgan fingerprint density at radius 3 is 1.80 bits per heavy atom. The van der Waals surface area contributed by atoms with Crippen LogP contribution in [0.5, 0.6) is 0 Å². The van der Waals surface area contributed by atoms with E-state index < -0.39 is 5.97 Å². The third kappa shape index (κ3) is 24.7. The quantitative estimate of drug-likeness (QED) is 0.770. The first-order valence-corrected chi connectivity index (χ1v) is 5.64. The van der Waals surface area contributed by atoms with E-state index in [1.165, 1.54) is 0 Å². The standard InChI is InChI=1S/C7H15NO2.C5H12/c1-3-5-8(4-2)6-7(9)10;1-5(2,3)4/h3-6H2,1-2H3,(H,9,10);1-4H3. The first kappa shape index (κ1) is 16.8. The van der Waals surface area contributed by atoms with Gasteiger partial charge in [-0.1, -0.05) is 41.5 Å². The van der Waals surface area contributed by atoms with Crippen molar-refractivity contribution < 1.29 is 9.90 Å². The minimum Gasteiger partial charge on any atom is -0.480 e. The van der Waals surface area contributed by atoms with Gasteiger partial charge in [0, 0.05) is 0 Å². The van der Waals surface area contributed by atoms with Crippen LogP contribution in [0, 0.1) is 5.41 Å². The molecule has 0 rings (SSSR count). The highest BCUT2D eigenvalue weighted by atomic mass is 16.4. The molecule has 15 heavy (non-hydrogen) atoms. The molecule has 1 N–H and O–H groups in total. The second kappa shape index (κ2) is 8.72. The summed E-state index contributed by atoms with van der Waals surface area (Å²) >= 11 is 0. The van der Waals surface area contributed by atoms with Crippen molar-refractivity contribution in [1.29, 1.82) is 0 Å². The lowest BCUT2D eigenvalue weighted by atomic mass is 10.0. The number of carbonyl (C=O) groups is 1. The van der Waals surface area contributed by atoms with Crippen LogP contribution in [0.1, 0.15) is 48.0 Å². The molecule has 0 saturated heterocycles. The molecule has 0 saturated carbocycles. The average Bonchev–Trinajstić information content (AvgIpc) is 1.99. The Morgan fingerprint density at radius 2 is 1.60 bits per heavy atom. The summed E-state index contributed by atoms with van der Waals surface area (Å²) in [7, 11) is 0. The summed E-state index contributed by atoms with van der Waals surface area (Å²) in [5, 5.41) is 8.40. The highest BCUT2D eigenvalue weighted by Crippen LogP contribution is 2.08. The number of hydrogen-bond donors (Lipinski definition) is 1. The largest absolute Gasteiger partial charge is 0.480 e. The molecule has 3 heteroatoms. The fourth-order valence-corrected chi connectivity index (χ4v) is 0.856. The van der Waals surface area contributed by atoms with Gasteiger partial charge in [0.25, 0.3) is 0 Å². The minimum absolute atomic E-state index is 0.171. The van der Waals surface area contributed by atoms with Gasteiger partial charge in [-0.25, -0.2) is 0 Å². The van der Waals surface area contributed by atoms with Gasteiger partial charge < -0.3 is 5.11 Å². The lowest BCUT2D eigenvalue weighted by Crippen LogP contribution is -2.30. The van der Waals surface area contributed by atoms with Crippen LogP contribution in [0.2, 0.25) is 0 Å². The molecule has 0 aliphatic rings. The van der Waals surface area contributed by atoms with E-state index in [1.807, 2.05) is 18.7 Å². The molecule has 0 spiro atoms. The van der Waals surface area contributed by atoms with Gasteiger partial charge in [0.15, 0.2) is 0 Å². The zero-order valence-corrected chi connectivity index (χ0v) is 11.1. The van der Waals surface area contributed by atoms with Crippen LogP contribution in [-0.2, 0) is 4.79 Å². The van der Waals surface area contributed by atoms with E-state index in [1.54, 1.807) is 0 Å². The first-order chi connectivity index (χ1) is 6.70. The fraction of sp³-hybridized carbons (Fsp3) is 0.917. The molecule has 3 nitrogen and oxygen atoms in total. The van der Waals surface area contributed by atoms with E-state index in [0.717, 1.165) is 19.5 Å². The molecule has 0 radical (unpaired) electrons. The van der Waals surface area contributed by atoms with Crippen molar-refractivity contribution in [1.82, 2.24) is 4.90 Å². The highest BCUT2D eigenvalue weighted by molar-refractivity contribution is 5.69. The van der Waals surface area contributed by atoms with Crippen LogP contribution >= 0.6 is 0 Å². The summed E-state index contributed by atoms with van der Waals surface area (Å²) in [4.78, 5) is 12.1. The van der Waals surface area contributed by atoms with Gasteiger partial charge in [-0.2, -0.15) is 0 Å². The Labute approximate surface area is 94.5 Å².